The van der Waals surface area contributed by atoms with E-state index in [0.717, 1.165) is 18.5 Å². The molecule has 0 aliphatic heterocycles. The number of aromatic nitrogens is 2. The quantitative estimate of drug-likeness (QED) is 0.754. The Morgan fingerprint density at radius 2 is 2.00 bits per heavy atom. The van der Waals surface area contributed by atoms with E-state index >= 15 is 0 Å². The second kappa shape index (κ2) is 8.17. The van der Waals surface area contributed by atoms with Gasteiger partial charge in [0.1, 0.15) is 0 Å². The first-order valence-electron chi connectivity index (χ1n) is 7.95. The maximum Gasteiger partial charge on any atom is 0.317 e. The van der Waals surface area contributed by atoms with E-state index in [2.05, 4.69) is 17.3 Å². The molecule has 1 rings (SSSR count). The molecule has 0 bridgehead atoms. The lowest BCUT2D eigenvalue weighted by Crippen LogP contribution is -2.47. The summed E-state index contributed by atoms with van der Waals surface area (Å²) >= 11 is 0. The van der Waals surface area contributed by atoms with Crippen LogP contribution < -0.4 is 5.32 Å². The van der Waals surface area contributed by atoms with Gasteiger partial charge in [0.05, 0.1) is 11.8 Å². The summed E-state index contributed by atoms with van der Waals surface area (Å²) in [5, 5.41) is 16.8. The third-order valence-electron chi connectivity index (χ3n) is 3.88. The Balaban J connectivity index is 2.44. The molecule has 0 spiro atoms. The predicted octanol–water partition coefficient (Wildman–Crippen LogP) is 1.77. The van der Waals surface area contributed by atoms with Gasteiger partial charge in [-0.05, 0) is 53.0 Å². The van der Waals surface area contributed by atoms with Crippen LogP contribution in [0.25, 0.3) is 0 Å². The molecule has 6 heteroatoms. The lowest BCUT2D eigenvalue weighted by atomic mass is 10.1. The molecule has 1 unspecified atom stereocenters. The number of urea groups is 1. The number of aliphatic hydroxyl groups excluding tert-OH is 1. The number of carbonyl (C=O) groups excluding carboxylic acids is 1. The standard InChI is InChI=1S/C16H30N4O2/c1-11(2)20(10-12(3)21)16(22)17-9-7-8-15-13(4)18-19(6)14(15)5/h11-12,21H,7-10H2,1-6H3,(H,17,22). The van der Waals surface area contributed by atoms with E-state index in [0.29, 0.717) is 13.1 Å². The second-order valence-electron chi connectivity index (χ2n) is 6.20. The minimum atomic E-state index is -0.520. The Morgan fingerprint density at radius 1 is 1.36 bits per heavy atom. The number of carbonyl (C=O) groups is 1. The number of aryl methyl sites for hydroxylation is 2. The Kier molecular flexibility index (Phi) is 6.87. The van der Waals surface area contributed by atoms with E-state index in [4.69, 9.17) is 0 Å². The van der Waals surface area contributed by atoms with Gasteiger partial charge in [0.15, 0.2) is 0 Å². The highest BCUT2D eigenvalue weighted by Crippen LogP contribution is 2.13. The fraction of sp³-hybridized carbons (Fsp3) is 0.750. The number of amides is 2. The van der Waals surface area contributed by atoms with Gasteiger partial charge in [-0.3, -0.25) is 4.68 Å². The van der Waals surface area contributed by atoms with Gasteiger partial charge in [-0.15, -0.1) is 0 Å². The average molecular weight is 310 g/mol. The van der Waals surface area contributed by atoms with Crippen molar-refractivity contribution in [1.29, 1.82) is 0 Å². The molecule has 0 fully saturated rings. The molecule has 1 aromatic heterocycles. The molecule has 0 saturated heterocycles. The van der Waals surface area contributed by atoms with E-state index in [9.17, 15) is 9.90 Å². The van der Waals surface area contributed by atoms with Crippen molar-refractivity contribution in [2.24, 2.45) is 7.05 Å². The summed E-state index contributed by atoms with van der Waals surface area (Å²) in [6, 6.07) is -0.0482. The molecular formula is C16H30N4O2. The van der Waals surface area contributed by atoms with Crippen LogP contribution in [0.1, 0.15) is 44.1 Å². The highest BCUT2D eigenvalue weighted by molar-refractivity contribution is 5.74. The van der Waals surface area contributed by atoms with Crippen LogP contribution in [0.2, 0.25) is 0 Å². The Bertz CT molecular complexity index is 495. The van der Waals surface area contributed by atoms with E-state index in [1.807, 2.05) is 32.5 Å². The molecule has 0 aromatic carbocycles. The molecule has 0 saturated carbocycles. The average Bonchev–Trinajstić information content (AvgIpc) is 2.65. The number of nitrogens with one attached hydrogen (secondary N) is 1. The van der Waals surface area contributed by atoms with Gasteiger partial charge in [-0.2, -0.15) is 5.10 Å². The van der Waals surface area contributed by atoms with Gasteiger partial charge in [0, 0.05) is 31.9 Å². The van der Waals surface area contributed by atoms with Crippen molar-refractivity contribution in [3.05, 3.63) is 17.0 Å². The molecule has 1 atom stereocenters. The maximum absolute atomic E-state index is 12.2. The van der Waals surface area contributed by atoms with Crippen LogP contribution in [0.5, 0.6) is 0 Å². The number of hydrogen-bond acceptors (Lipinski definition) is 3. The molecule has 0 radical (unpaired) electrons. The zero-order valence-electron chi connectivity index (χ0n) is 14.7. The van der Waals surface area contributed by atoms with Gasteiger partial charge >= 0.3 is 6.03 Å². The fourth-order valence-electron chi connectivity index (χ4n) is 2.55. The SMILES string of the molecule is Cc1nn(C)c(C)c1CCCNC(=O)N(CC(C)O)C(C)C. The number of nitrogens with zero attached hydrogens (tertiary/aromatic N) is 3. The van der Waals surface area contributed by atoms with Gasteiger partial charge < -0.3 is 15.3 Å². The van der Waals surface area contributed by atoms with Crippen molar-refractivity contribution in [3.63, 3.8) is 0 Å². The summed E-state index contributed by atoms with van der Waals surface area (Å²) in [6.45, 7) is 10.6. The van der Waals surface area contributed by atoms with Crippen LogP contribution in [0, 0.1) is 13.8 Å². The Labute approximate surface area is 133 Å². The van der Waals surface area contributed by atoms with Crippen molar-refractivity contribution in [1.82, 2.24) is 20.0 Å². The minimum absolute atomic E-state index is 0.0670. The van der Waals surface area contributed by atoms with E-state index in [1.165, 1.54) is 11.3 Å². The fourth-order valence-corrected chi connectivity index (χ4v) is 2.55. The monoisotopic (exact) mass is 310 g/mol. The Morgan fingerprint density at radius 3 is 2.45 bits per heavy atom. The van der Waals surface area contributed by atoms with E-state index in [1.54, 1.807) is 11.8 Å². The Hall–Kier alpha value is -1.56. The van der Waals surface area contributed by atoms with Crippen molar-refractivity contribution in [2.75, 3.05) is 13.1 Å². The van der Waals surface area contributed by atoms with E-state index in [-0.39, 0.29) is 12.1 Å². The summed E-state index contributed by atoms with van der Waals surface area (Å²) in [6.07, 6.45) is 1.26. The molecular weight excluding hydrogens is 280 g/mol. The van der Waals surface area contributed by atoms with Gasteiger partial charge in [0.25, 0.3) is 0 Å². The molecule has 1 aromatic rings. The third kappa shape index (κ3) is 5.02. The highest BCUT2D eigenvalue weighted by Gasteiger charge is 2.18. The molecule has 22 heavy (non-hydrogen) atoms. The molecule has 2 N–H and O–H groups in total. The van der Waals surface area contributed by atoms with Crippen LogP contribution in [-0.2, 0) is 13.5 Å². The minimum Gasteiger partial charge on any atom is -0.392 e. The molecule has 2 amide bonds. The summed E-state index contributed by atoms with van der Waals surface area (Å²) in [5.74, 6) is 0. The lowest BCUT2D eigenvalue weighted by Gasteiger charge is -2.28. The first kappa shape index (κ1) is 18.5. The van der Waals surface area contributed by atoms with Crippen LogP contribution in [0.4, 0.5) is 4.79 Å². The van der Waals surface area contributed by atoms with Crippen molar-refractivity contribution < 1.29 is 9.90 Å². The third-order valence-corrected chi connectivity index (χ3v) is 3.88. The second-order valence-corrected chi connectivity index (χ2v) is 6.20. The van der Waals surface area contributed by atoms with E-state index < -0.39 is 6.10 Å². The van der Waals surface area contributed by atoms with Crippen molar-refractivity contribution in [3.8, 4) is 0 Å². The topological polar surface area (TPSA) is 70.4 Å². The van der Waals surface area contributed by atoms with Crippen LogP contribution in [-0.4, -0.2) is 51.1 Å². The number of hydrogen-bond donors (Lipinski definition) is 2. The largest absolute Gasteiger partial charge is 0.392 e. The summed E-state index contributed by atoms with van der Waals surface area (Å²) in [4.78, 5) is 13.8. The smallest absolute Gasteiger partial charge is 0.317 e. The van der Waals surface area contributed by atoms with Gasteiger partial charge in [-0.25, -0.2) is 4.79 Å². The molecule has 0 aliphatic carbocycles. The zero-order valence-corrected chi connectivity index (χ0v) is 14.7. The lowest BCUT2D eigenvalue weighted by molar-refractivity contribution is 0.119. The summed E-state index contributed by atoms with van der Waals surface area (Å²) < 4.78 is 1.90. The molecule has 6 nitrogen and oxygen atoms in total. The predicted molar refractivity (Wildman–Crippen MR) is 87.9 cm³/mol. The zero-order chi connectivity index (χ0) is 16.9. The van der Waals surface area contributed by atoms with Crippen molar-refractivity contribution >= 4 is 6.03 Å². The molecule has 126 valence electrons. The summed E-state index contributed by atoms with van der Waals surface area (Å²) in [5.41, 5.74) is 3.51. The first-order chi connectivity index (χ1) is 10.2. The van der Waals surface area contributed by atoms with Gasteiger partial charge in [0.2, 0.25) is 0 Å². The maximum atomic E-state index is 12.2. The van der Waals surface area contributed by atoms with Crippen LogP contribution in [0.3, 0.4) is 0 Å². The molecule has 0 aliphatic rings. The molecule has 1 heterocycles. The first-order valence-corrected chi connectivity index (χ1v) is 7.95. The summed E-state index contributed by atoms with van der Waals surface area (Å²) in [7, 11) is 1.95. The van der Waals surface area contributed by atoms with Crippen LogP contribution in [0.15, 0.2) is 0 Å². The number of aliphatic hydroxyl groups is 1. The van der Waals surface area contributed by atoms with Crippen molar-refractivity contribution in [2.45, 2.75) is 59.6 Å². The van der Waals surface area contributed by atoms with Gasteiger partial charge in [-0.1, -0.05) is 0 Å². The highest BCUT2D eigenvalue weighted by atomic mass is 16.3. The van der Waals surface area contributed by atoms with Crippen LogP contribution >= 0.6 is 0 Å². The normalized spacial score (nSPS) is 12.5. The number of rotatable bonds is 7.